The van der Waals surface area contributed by atoms with Gasteiger partial charge < -0.3 is 5.73 Å². The van der Waals surface area contributed by atoms with E-state index in [1.807, 2.05) is 0 Å². The zero-order chi connectivity index (χ0) is 9.30. The van der Waals surface area contributed by atoms with Crippen LogP contribution >= 0.6 is 15.9 Å². The summed E-state index contributed by atoms with van der Waals surface area (Å²) >= 11 is 2.94. The lowest BCUT2D eigenvalue weighted by Crippen LogP contribution is -1.98. The summed E-state index contributed by atoms with van der Waals surface area (Å²) in [4.78, 5) is 3.81. The third-order valence-electron chi connectivity index (χ3n) is 1.47. The van der Waals surface area contributed by atoms with Crippen LogP contribution in [0.4, 0.5) is 14.5 Å². The molecule has 0 aliphatic rings. The van der Waals surface area contributed by atoms with E-state index in [4.69, 9.17) is 5.73 Å². The van der Waals surface area contributed by atoms with Gasteiger partial charge in [0.05, 0.1) is 16.9 Å². The fraction of sp³-hybridized carbons (Fsp3) is 0.286. The number of hydrogen-bond donors (Lipinski definition) is 1. The Morgan fingerprint density at radius 2 is 2.17 bits per heavy atom. The average molecular weight is 237 g/mol. The molecule has 1 aromatic rings. The number of aromatic nitrogens is 1. The Balaban J connectivity index is 3.23. The van der Waals surface area contributed by atoms with Gasteiger partial charge in [-0.25, -0.2) is 13.8 Å². The van der Waals surface area contributed by atoms with Crippen molar-refractivity contribution in [1.82, 2.24) is 4.98 Å². The minimum atomic E-state index is -2.55. The van der Waals surface area contributed by atoms with E-state index in [0.29, 0.717) is 5.69 Å². The predicted octanol–water partition coefficient (Wildman–Crippen LogP) is 2.67. The van der Waals surface area contributed by atoms with Crippen molar-refractivity contribution in [2.75, 3.05) is 5.73 Å². The summed E-state index contributed by atoms with van der Waals surface area (Å²) in [6.45, 7) is 1.66. The van der Waals surface area contributed by atoms with Crippen LogP contribution in [0.1, 0.15) is 17.7 Å². The van der Waals surface area contributed by atoms with Gasteiger partial charge in [-0.3, -0.25) is 0 Å². The summed E-state index contributed by atoms with van der Waals surface area (Å²) < 4.78 is 24.6. The Morgan fingerprint density at radius 3 is 2.67 bits per heavy atom. The molecule has 1 rings (SSSR count). The van der Waals surface area contributed by atoms with Crippen LogP contribution in [0, 0.1) is 6.92 Å². The molecule has 0 amide bonds. The average Bonchev–Trinajstić information content (AvgIpc) is 1.96. The molecule has 1 aromatic heterocycles. The van der Waals surface area contributed by atoms with Gasteiger partial charge >= 0.3 is 0 Å². The number of aryl methyl sites for hydroxylation is 1. The molecule has 0 saturated carbocycles. The lowest BCUT2D eigenvalue weighted by atomic mass is 10.2. The monoisotopic (exact) mass is 236 g/mol. The molecule has 66 valence electrons. The van der Waals surface area contributed by atoms with Gasteiger partial charge in [0.1, 0.15) is 4.60 Å². The summed E-state index contributed by atoms with van der Waals surface area (Å²) in [6.07, 6.45) is -2.55. The second-order valence-corrected chi connectivity index (χ2v) is 3.09. The van der Waals surface area contributed by atoms with Crippen molar-refractivity contribution in [3.8, 4) is 0 Å². The van der Waals surface area contributed by atoms with Gasteiger partial charge in [0.25, 0.3) is 6.43 Å². The van der Waals surface area contributed by atoms with Gasteiger partial charge in [0, 0.05) is 0 Å². The number of nitrogens with two attached hydrogens (primary N) is 1. The molecule has 0 spiro atoms. The lowest BCUT2D eigenvalue weighted by Gasteiger charge is -2.05. The first-order chi connectivity index (χ1) is 5.52. The molecule has 0 unspecified atom stereocenters. The van der Waals surface area contributed by atoms with Crippen LogP contribution in [0.2, 0.25) is 0 Å². The number of rotatable bonds is 1. The molecule has 0 radical (unpaired) electrons. The van der Waals surface area contributed by atoms with E-state index < -0.39 is 6.43 Å². The maximum atomic E-state index is 12.2. The van der Waals surface area contributed by atoms with Crippen LogP contribution in [0.5, 0.6) is 0 Å². The van der Waals surface area contributed by atoms with Gasteiger partial charge in [-0.1, -0.05) is 0 Å². The highest BCUT2D eigenvalue weighted by Gasteiger charge is 2.13. The van der Waals surface area contributed by atoms with E-state index in [1.54, 1.807) is 6.92 Å². The Labute approximate surface area is 76.9 Å². The molecular weight excluding hydrogens is 230 g/mol. The highest BCUT2D eigenvalue weighted by molar-refractivity contribution is 9.10. The third kappa shape index (κ3) is 1.72. The largest absolute Gasteiger partial charge is 0.397 e. The molecule has 0 saturated heterocycles. The van der Waals surface area contributed by atoms with E-state index in [9.17, 15) is 8.78 Å². The Kier molecular flexibility index (Phi) is 2.62. The highest BCUT2D eigenvalue weighted by Crippen LogP contribution is 2.28. The Hall–Kier alpha value is -0.710. The minimum absolute atomic E-state index is 0.157. The summed E-state index contributed by atoms with van der Waals surface area (Å²) in [5.41, 5.74) is 6.08. The van der Waals surface area contributed by atoms with Gasteiger partial charge in [0.15, 0.2) is 0 Å². The molecule has 0 aliphatic carbocycles. The number of nitrogens with zero attached hydrogens (tertiary/aromatic N) is 1. The molecule has 5 heteroatoms. The normalized spacial score (nSPS) is 10.8. The first kappa shape index (κ1) is 9.38. The maximum absolute atomic E-state index is 12.2. The number of pyridine rings is 1. The topological polar surface area (TPSA) is 38.9 Å². The van der Waals surface area contributed by atoms with Crippen LogP contribution in [0.15, 0.2) is 10.7 Å². The van der Waals surface area contributed by atoms with Crippen LogP contribution in [0.3, 0.4) is 0 Å². The molecule has 0 aliphatic heterocycles. The smallest absolute Gasteiger partial charge is 0.266 e. The molecule has 2 N–H and O–H groups in total. The van der Waals surface area contributed by atoms with Gasteiger partial charge in [-0.2, -0.15) is 0 Å². The van der Waals surface area contributed by atoms with E-state index in [1.165, 1.54) is 6.07 Å². The summed E-state index contributed by atoms with van der Waals surface area (Å²) in [7, 11) is 0. The molecule has 1 heterocycles. The predicted molar refractivity (Wildman–Crippen MR) is 46.0 cm³/mol. The second-order valence-electron chi connectivity index (χ2n) is 2.34. The van der Waals surface area contributed by atoms with Crippen molar-refractivity contribution in [3.63, 3.8) is 0 Å². The zero-order valence-electron chi connectivity index (χ0n) is 6.31. The van der Waals surface area contributed by atoms with Crippen molar-refractivity contribution in [3.05, 3.63) is 21.9 Å². The highest BCUT2D eigenvalue weighted by atomic mass is 79.9. The fourth-order valence-electron chi connectivity index (χ4n) is 0.761. The maximum Gasteiger partial charge on any atom is 0.266 e. The SMILES string of the molecule is Cc1nc(Br)c(C(F)F)cc1N. The van der Waals surface area contributed by atoms with Crippen molar-refractivity contribution in [2.45, 2.75) is 13.3 Å². The van der Waals surface area contributed by atoms with Crippen molar-refractivity contribution in [1.29, 1.82) is 0 Å². The number of nitrogen functional groups attached to an aromatic ring is 1. The minimum Gasteiger partial charge on any atom is -0.397 e. The molecule has 0 atom stereocenters. The first-order valence-corrected chi connectivity index (χ1v) is 4.02. The van der Waals surface area contributed by atoms with Crippen molar-refractivity contribution >= 4 is 21.6 Å². The summed E-state index contributed by atoms with van der Waals surface area (Å²) in [5.74, 6) is 0. The lowest BCUT2D eigenvalue weighted by molar-refractivity contribution is 0.150. The molecule has 0 aromatic carbocycles. The van der Waals surface area contributed by atoms with Crippen LogP contribution < -0.4 is 5.73 Å². The molecule has 2 nitrogen and oxygen atoms in total. The number of alkyl halides is 2. The summed E-state index contributed by atoms with van der Waals surface area (Å²) in [6, 6.07) is 1.23. The Bertz CT molecular complexity index is 302. The Morgan fingerprint density at radius 1 is 1.58 bits per heavy atom. The second kappa shape index (κ2) is 3.35. The molecule has 0 fully saturated rings. The van der Waals surface area contributed by atoms with E-state index in [-0.39, 0.29) is 15.9 Å². The fourth-order valence-corrected chi connectivity index (χ4v) is 1.31. The third-order valence-corrected chi connectivity index (χ3v) is 2.10. The van der Waals surface area contributed by atoms with E-state index >= 15 is 0 Å². The number of halogens is 3. The standard InChI is InChI=1S/C7H7BrF2N2/c1-3-5(11)2-4(7(9)10)6(8)12-3/h2,7H,11H2,1H3. The first-order valence-electron chi connectivity index (χ1n) is 3.23. The van der Waals surface area contributed by atoms with Gasteiger partial charge in [0.2, 0.25) is 0 Å². The molecular formula is C7H7BrF2N2. The van der Waals surface area contributed by atoms with E-state index in [2.05, 4.69) is 20.9 Å². The number of hydrogen-bond acceptors (Lipinski definition) is 2. The van der Waals surface area contributed by atoms with Gasteiger partial charge in [-0.05, 0) is 28.9 Å². The quantitative estimate of drug-likeness (QED) is 0.762. The van der Waals surface area contributed by atoms with Crippen molar-refractivity contribution in [2.24, 2.45) is 0 Å². The van der Waals surface area contributed by atoms with Gasteiger partial charge in [-0.15, -0.1) is 0 Å². The summed E-state index contributed by atoms with van der Waals surface area (Å²) in [5, 5.41) is 0. The van der Waals surface area contributed by atoms with Crippen LogP contribution in [0.25, 0.3) is 0 Å². The van der Waals surface area contributed by atoms with E-state index in [0.717, 1.165) is 0 Å². The molecule has 12 heavy (non-hydrogen) atoms. The zero-order valence-corrected chi connectivity index (χ0v) is 7.90. The van der Waals surface area contributed by atoms with Crippen molar-refractivity contribution < 1.29 is 8.78 Å². The van der Waals surface area contributed by atoms with Crippen LogP contribution in [-0.2, 0) is 0 Å². The molecule has 0 bridgehead atoms. The van der Waals surface area contributed by atoms with Crippen LogP contribution in [-0.4, -0.2) is 4.98 Å². The number of anilines is 1.